The molecule has 2 saturated heterocycles. The molecule has 3 rings (SSSR count). The molecule has 5 heteroatoms. The van der Waals surface area contributed by atoms with Crippen molar-refractivity contribution in [1.29, 1.82) is 0 Å². The number of benzene rings is 1. The van der Waals surface area contributed by atoms with Crippen molar-refractivity contribution in [3.05, 3.63) is 30.3 Å². The number of para-hydroxylation sites is 1. The average Bonchev–Trinajstić information content (AvgIpc) is 3.14. The monoisotopic (exact) mass is 343 g/mol. The first kappa shape index (κ1) is 18.1. The van der Waals surface area contributed by atoms with Crippen LogP contribution in [0.5, 0.6) is 0 Å². The number of nitrogens with zero attached hydrogens (tertiary/aromatic N) is 3. The molecule has 2 unspecified atom stereocenters. The fourth-order valence-corrected chi connectivity index (χ4v) is 4.06. The van der Waals surface area contributed by atoms with Gasteiger partial charge in [-0.25, -0.2) is 0 Å². The van der Waals surface area contributed by atoms with Crippen molar-refractivity contribution in [2.24, 2.45) is 4.99 Å². The quantitative estimate of drug-likeness (QED) is 0.636. The van der Waals surface area contributed by atoms with E-state index in [0.29, 0.717) is 12.1 Å². The fourth-order valence-electron chi connectivity index (χ4n) is 4.06. The number of hydrogen-bond acceptors (Lipinski definition) is 3. The molecule has 0 aliphatic carbocycles. The van der Waals surface area contributed by atoms with E-state index in [1.807, 2.05) is 7.05 Å². The van der Waals surface area contributed by atoms with E-state index in [0.717, 1.165) is 38.6 Å². The molecule has 2 N–H and O–H groups in total. The molecule has 1 aromatic rings. The smallest absolute Gasteiger partial charge is 0.191 e. The molecule has 2 fully saturated rings. The van der Waals surface area contributed by atoms with E-state index in [1.165, 1.54) is 31.5 Å². The van der Waals surface area contributed by atoms with Gasteiger partial charge in [0.1, 0.15) is 0 Å². The Morgan fingerprint density at radius 1 is 1.16 bits per heavy atom. The third kappa shape index (κ3) is 4.88. The maximum atomic E-state index is 4.44. The van der Waals surface area contributed by atoms with Crippen LogP contribution in [0.3, 0.4) is 0 Å². The van der Waals surface area contributed by atoms with E-state index in [-0.39, 0.29) is 0 Å². The summed E-state index contributed by atoms with van der Waals surface area (Å²) >= 11 is 0. The maximum absolute atomic E-state index is 4.44. The molecule has 2 aliphatic heterocycles. The normalized spacial score (nSPS) is 25.2. The molecule has 0 bridgehead atoms. The predicted octanol–water partition coefficient (Wildman–Crippen LogP) is 2.30. The van der Waals surface area contributed by atoms with E-state index in [1.54, 1.807) is 0 Å². The van der Waals surface area contributed by atoms with Gasteiger partial charge in [-0.15, -0.1) is 0 Å². The van der Waals surface area contributed by atoms with Gasteiger partial charge in [-0.1, -0.05) is 31.5 Å². The fraction of sp³-hybridized carbons (Fsp3) is 0.650. The lowest BCUT2D eigenvalue weighted by Gasteiger charge is -2.35. The van der Waals surface area contributed by atoms with E-state index in [4.69, 9.17) is 0 Å². The number of rotatable bonds is 5. The van der Waals surface area contributed by atoms with Crippen LogP contribution in [-0.2, 0) is 0 Å². The highest BCUT2D eigenvalue weighted by molar-refractivity contribution is 5.80. The lowest BCUT2D eigenvalue weighted by molar-refractivity contribution is 0.157. The summed E-state index contributed by atoms with van der Waals surface area (Å²) in [6.45, 7) is 7.78. The van der Waals surface area contributed by atoms with Gasteiger partial charge < -0.3 is 15.5 Å². The van der Waals surface area contributed by atoms with E-state index in [9.17, 15) is 0 Å². The lowest BCUT2D eigenvalue weighted by Crippen LogP contribution is -2.51. The van der Waals surface area contributed by atoms with Gasteiger partial charge >= 0.3 is 0 Å². The summed E-state index contributed by atoms with van der Waals surface area (Å²) in [5, 5.41) is 7.18. The van der Waals surface area contributed by atoms with Gasteiger partial charge in [0.25, 0.3) is 0 Å². The molecule has 0 radical (unpaired) electrons. The van der Waals surface area contributed by atoms with Crippen molar-refractivity contribution in [1.82, 2.24) is 15.5 Å². The molecule has 0 spiro atoms. The van der Waals surface area contributed by atoms with Crippen LogP contribution in [0.2, 0.25) is 0 Å². The molecular weight excluding hydrogens is 310 g/mol. The molecular formula is C20H33N5. The summed E-state index contributed by atoms with van der Waals surface area (Å²) in [6.07, 6.45) is 5.14. The zero-order valence-electron chi connectivity index (χ0n) is 15.7. The van der Waals surface area contributed by atoms with Gasteiger partial charge in [0.05, 0.1) is 0 Å². The molecule has 25 heavy (non-hydrogen) atoms. The summed E-state index contributed by atoms with van der Waals surface area (Å²) in [5.74, 6) is 0.946. The van der Waals surface area contributed by atoms with Gasteiger partial charge in [0, 0.05) is 44.5 Å². The van der Waals surface area contributed by atoms with Gasteiger partial charge in [-0.3, -0.25) is 9.89 Å². The van der Waals surface area contributed by atoms with Crippen molar-refractivity contribution >= 4 is 11.6 Å². The van der Waals surface area contributed by atoms with Crippen molar-refractivity contribution in [3.63, 3.8) is 0 Å². The Morgan fingerprint density at radius 2 is 2.00 bits per heavy atom. The van der Waals surface area contributed by atoms with E-state index in [2.05, 4.69) is 62.7 Å². The van der Waals surface area contributed by atoms with Crippen LogP contribution in [0.4, 0.5) is 5.69 Å². The third-order valence-electron chi connectivity index (χ3n) is 5.53. The van der Waals surface area contributed by atoms with Crippen LogP contribution in [0.25, 0.3) is 0 Å². The standard InChI is InChI=1S/C20H33N5/c1-3-24-13-8-7-11-19(24)15-22-20(21-2)23-17-12-14-25(16-17)18-9-5-4-6-10-18/h4-6,9-10,17,19H,3,7-8,11-16H2,1-2H3,(H2,21,22,23). The van der Waals surface area contributed by atoms with Crippen LogP contribution in [0, 0.1) is 0 Å². The van der Waals surface area contributed by atoms with Crippen LogP contribution >= 0.6 is 0 Å². The zero-order valence-corrected chi connectivity index (χ0v) is 15.7. The minimum atomic E-state index is 0.458. The highest BCUT2D eigenvalue weighted by Gasteiger charge is 2.24. The molecule has 2 atom stereocenters. The second-order valence-corrected chi connectivity index (χ2v) is 7.14. The minimum Gasteiger partial charge on any atom is -0.369 e. The summed E-state index contributed by atoms with van der Waals surface area (Å²) in [6, 6.07) is 11.8. The van der Waals surface area contributed by atoms with Crippen molar-refractivity contribution < 1.29 is 0 Å². The summed E-state index contributed by atoms with van der Waals surface area (Å²) in [7, 11) is 1.87. The number of anilines is 1. The third-order valence-corrected chi connectivity index (χ3v) is 5.53. The molecule has 1 aromatic carbocycles. The highest BCUT2D eigenvalue weighted by atomic mass is 15.3. The Kier molecular flexibility index (Phi) is 6.56. The highest BCUT2D eigenvalue weighted by Crippen LogP contribution is 2.19. The summed E-state index contributed by atoms with van der Waals surface area (Å²) in [4.78, 5) is 9.49. The van der Waals surface area contributed by atoms with Gasteiger partial charge in [-0.05, 0) is 44.5 Å². The number of likely N-dealkylation sites (tertiary alicyclic amines) is 1. The second kappa shape index (κ2) is 9.09. The number of piperidine rings is 1. The molecule has 0 saturated carbocycles. The summed E-state index contributed by atoms with van der Waals surface area (Å²) in [5.41, 5.74) is 1.32. The first-order chi connectivity index (χ1) is 12.3. The number of hydrogen-bond donors (Lipinski definition) is 2. The molecule has 0 amide bonds. The maximum Gasteiger partial charge on any atom is 0.191 e. The van der Waals surface area contributed by atoms with Crippen molar-refractivity contribution in [3.8, 4) is 0 Å². The molecule has 2 aliphatic rings. The van der Waals surface area contributed by atoms with Crippen LogP contribution < -0.4 is 15.5 Å². The topological polar surface area (TPSA) is 42.9 Å². The zero-order chi connectivity index (χ0) is 17.5. The first-order valence-corrected chi connectivity index (χ1v) is 9.81. The van der Waals surface area contributed by atoms with Crippen LogP contribution in [-0.4, -0.2) is 62.7 Å². The van der Waals surface area contributed by atoms with Crippen LogP contribution in [0.15, 0.2) is 35.3 Å². The van der Waals surface area contributed by atoms with Crippen LogP contribution in [0.1, 0.15) is 32.6 Å². The van der Waals surface area contributed by atoms with E-state index >= 15 is 0 Å². The Morgan fingerprint density at radius 3 is 2.76 bits per heavy atom. The minimum absolute atomic E-state index is 0.458. The number of aliphatic imine (C=N–C) groups is 1. The second-order valence-electron chi connectivity index (χ2n) is 7.14. The molecule has 0 aromatic heterocycles. The average molecular weight is 344 g/mol. The lowest BCUT2D eigenvalue weighted by atomic mass is 10.0. The summed E-state index contributed by atoms with van der Waals surface area (Å²) < 4.78 is 0. The SMILES string of the molecule is CCN1CCCCC1CNC(=NC)NC1CCN(c2ccccc2)C1. The Balaban J connectivity index is 1.46. The van der Waals surface area contributed by atoms with Crippen molar-refractivity contribution in [2.45, 2.75) is 44.7 Å². The largest absolute Gasteiger partial charge is 0.369 e. The van der Waals surface area contributed by atoms with Gasteiger partial charge in [0.2, 0.25) is 0 Å². The van der Waals surface area contributed by atoms with Gasteiger partial charge in [0.15, 0.2) is 5.96 Å². The first-order valence-electron chi connectivity index (χ1n) is 9.81. The number of guanidine groups is 1. The Labute approximate surface area is 152 Å². The molecule has 5 nitrogen and oxygen atoms in total. The molecule has 138 valence electrons. The predicted molar refractivity (Wildman–Crippen MR) is 106 cm³/mol. The van der Waals surface area contributed by atoms with E-state index < -0.39 is 0 Å². The number of nitrogens with one attached hydrogen (secondary N) is 2. The molecule has 2 heterocycles. The number of likely N-dealkylation sites (N-methyl/N-ethyl adjacent to an activating group) is 1. The Bertz CT molecular complexity index is 544. The van der Waals surface area contributed by atoms with Gasteiger partial charge in [-0.2, -0.15) is 0 Å². The van der Waals surface area contributed by atoms with Crippen molar-refractivity contribution in [2.75, 3.05) is 44.7 Å². The Hall–Kier alpha value is -1.75.